The number of nitrogens with one attached hydrogen (secondary N) is 1. The van der Waals surface area contributed by atoms with Gasteiger partial charge in [-0.1, -0.05) is 24.3 Å². The van der Waals surface area contributed by atoms with Crippen molar-refractivity contribution >= 4 is 6.08 Å². The largest absolute Gasteiger partial charge is 0.497 e. The van der Waals surface area contributed by atoms with E-state index in [0.717, 1.165) is 49.0 Å². The molecule has 4 rings (SSSR count). The average molecular weight is 395 g/mol. The fraction of sp³-hybridized carbons (Fsp3) is 0.417. The van der Waals surface area contributed by atoms with Crippen LogP contribution in [-0.4, -0.2) is 51.4 Å². The summed E-state index contributed by atoms with van der Waals surface area (Å²) < 4.78 is 16.7. The first-order chi connectivity index (χ1) is 14.2. The van der Waals surface area contributed by atoms with Crippen molar-refractivity contribution in [1.29, 1.82) is 0 Å². The van der Waals surface area contributed by atoms with E-state index in [2.05, 4.69) is 40.6 Å². The SMILES string of the molecule is COc1cccc(CN2CCC[C@@H](NCC3=Cc4cccc(OC)c4OC3)C2)c1. The summed E-state index contributed by atoms with van der Waals surface area (Å²) in [5.74, 6) is 2.57. The Kier molecular flexibility index (Phi) is 6.37. The average Bonchev–Trinajstić information content (AvgIpc) is 2.77. The normalized spacial score (nSPS) is 19.1. The Morgan fingerprint density at radius 3 is 2.90 bits per heavy atom. The second-order valence-corrected chi connectivity index (χ2v) is 7.78. The van der Waals surface area contributed by atoms with Crippen molar-refractivity contribution < 1.29 is 14.2 Å². The molecule has 1 fully saturated rings. The zero-order chi connectivity index (χ0) is 20.1. The van der Waals surface area contributed by atoms with Crippen molar-refractivity contribution in [2.45, 2.75) is 25.4 Å². The summed E-state index contributed by atoms with van der Waals surface area (Å²) in [5, 5.41) is 3.74. The highest BCUT2D eigenvalue weighted by molar-refractivity contribution is 5.66. The third-order valence-electron chi connectivity index (χ3n) is 5.65. The third-order valence-corrected chi connectivity index (χ3v) is 5.65. The number of benzene rings is 2. The minimum absolute atomic E-state index is 0.502. The quantitative estimate of drug-likeness (QED) is 0.775. The van der Waals surface area contributed by atoms with Crippen molar-refractivity contribution in [1.82, 2.24) is 10.2 Å². The molecule has 0 unspecified atom stereocenters. The molecule has 0 spiro atoms. The molecule has 1 atom stereocenters. The van der Waals surface area contributed by atoms with E-state index in [1.807, 2.05) is 18.2 Å². The Bertz CT molecular complexity index is 865. The topological polar surface area (TPSA) is 43.0 Å². The third kappa shape index (κ3) is 4.92. The number of rotatable bonds is 7. The van der Waals surface area contributed by atoms with Crippen LogP contribution >= 0.6 is 0 Å². The first-order valence-corrected chi connectivity index (χ1v) is 10.3. The molecule has 2 heterocycles. The van der Waals surface area contributed by atoms with E-state index in [0.29, 0.717) is 12.6 Å². The molecule has 2 aliphatic rings. The van der Waals surface area contributed by atoms with Gasteiger partial charge < -0.3 is 19.5 Å². The van der Waals surface area contributed by atoms with Gasteiger partial charge in [0, 0.05) is 31.2 Å². The molecule has 2 aliphatic heterocycles. The zero-order valence-corrected chi connectivity index (χ0v) is 17.3. The molecule has 29 heavy (non-hydrogen) atoms. The minimum Gasteiger partial charge on any atom is -0.497 e. The van der Waals surface area contributed by atoms with Gasteiger partial charge >= 0.3 is 0 Å². The highest BCUT2D eigenvalue weighted by atomic mass is 16.5. The van der Waals surface area contributed by atoms with E-state index < -0.39 is 0 Å². The maximum absolute atomic E-state index is 5.96. The maximum Gasteiger partial charge on any atom is 0.168 e. The van der Waals surface area contributed by atoms with Gasteiger partial charge in [0.25, 0.3) is 0 Å². The molecular weight excluding hydrogens is 364 g/mol. The second-order valence-electron chi connectivity index (χ2n) is 7.78. The molecule has 1 N–H and O–H groups in total. The molecule has 0 aromatic heterocycles. The van der Waals surface area contributed by atoms with Gasteiger partial charge in [-0.05, 0) is 54.8 Å². The number of nitrogens with zero attached hydrogens (tertiary/aromatic N) is 1. The number of hydrogen-bond acceptors (Lipinski definition) is 5. The van der Waals surface area contributed by atoms with Crippen LogP contribution in [-0.2, 0) is 6.54 Å². The highest BCUT2D eigenvalue weighted by Gasteiger charge is 2.21. The van der Waals surface area contributed by atoms with Gasteiger partial charge in [0.15, 0.2) is 11.5 Å². The summed E-state index contributed by atoms with van der Waals surface area (Å²) in [6.45, 7) is 4.65. The zero-order valence-electron chi connectivity index (χ0n) is 17.3. The van der Waals surface area contributed by atoms with Crippen LogP contribution in [0.5, 0.6) is 17.2 Å². The number of para-hydroxylation sites is 1. The molecule has 0 aliphatic carbocycles. The lowest BCUT2D eigenvalue weighted by atomic mass is 10.0. The first-order valence-electron chi connectivity index (χ1n) is 10.3. The van der Waals surface area contributed by atoms with Gasteiger partial charge in [-0.25, -0.2) is 0 Å². The molecule has 5 nitrogen and oxygen atoms in total. The number of methoxy groups -OCH3 is 2. The van der Waals surface area contributed by atoms with Gasteiger partial charge in [-0.2, -0.15) is 0 Å². The first kappa shape index (κ1) is 19.8. The lowest BCUT2D eigenvalue weighted by Gasteiger charge is -2.33. The Morgan fingerprint density at radius 1 is 1.14 bits per heavy atom. The van der Waals surface area contributed by atoms with E-state index in [1.54, 1.807) is 14.2 Å². The number of hydrogen-bond donors (Lipinski definition) is 1. The smallest absolute Gasteiger partial charge is 0.168 e. The predicted octanol–water partition coefficient (Wildman–Crippen LogP) is 3.73. The van der Waals surface area contributed by atoms with Gasteiger partial charge in [-0.15, -0.1) is 0 Å². The number of ether oxygens (including phenoxy) is 3. The molecule has 0 radical (unpaired) electrons. The predicted molar refractivity (Wildman–Crippen MR) is 116 cm³/mol. The molecular formula is C24H30N2O3. The monoisotopic (exact) mass is 394 g/mol. The van der Waals surface area contributed by atoms with Crippen molar-refractivity contribution in [3.63, 3.8) is 0 Å². The molecule has 0 saturated carbocycles. The summed E-state index contributed by atoms with van der Waals surface area (Å²) >= 11 is 0. The molecule has 2 aromatic carbocycles. The van der Waals surface area contributed by atoms with Gasteiger partial charge in [0.1, 0.15) is 12.4 Å². The highest BCUT2D eigenvalue weighted by Crippen LogP contribution is 2.35. The van der Waals surface area contributed by atoms with Crippen LogP contribution in [0.15, 0.2) is 48.0 Å². The van der Waals surface area contributed by atoms with E-state index in [4.69, 9.17) is 14.2 Å². The van der Waals surface area contributed by atoms with Crippen molar-refractivity contribution in [3.8, 4) is 17.2 Å². The molecule has 154 valence electrons. The number of fused-ring (bicyclic) bond motifs is 1. The molecule has 0 amide bonds. The van der Waals surface area contributed by atoms with Crippen LogP contribution in [0.2, 0.25) is 0 Å². The standard InChI is InChI=1S/C24H30N2O3/c1-27-22-9-3-6-18(13-22)15-26-11-5-8-21(16-26)25-14-19-12-20-7-4-10-23(28-2)24(20)29-17-19/h3-4,6-7,9-10,12-13,21,25H,5,8,11,14-17H2,1-2H3/t21-/m1/s1. The van der Waals surface area contributed by atoms with Crippen LogP contribution in [0.3, 0.4) is 0 Å². The lowest BCUT2D eigenvalue weighted by Crippen LogP contribution is -2.46. The van der Waals surface area contributed by atoms with Gasteiger partial charge in [0.05, 0.1) is 14.2 Å². The lowest BCUT2D eigenvalue weighted by molar-refractivity contribution is 0.184. The number of piperidine rings is 1. The molecule has 0 bridgehead atoms. The van der Waals surface area contributed by atoms with Crippen LogP contribution in [0, 0.1) is 0 Å². The maximum atomic E-state index is 5.96. The Morgan fingerprint density at radius 2 is 2.03 bits per heavy atom. The fourth-order valence-corrected chi connectivity index (χ4v) is 4.16. The summed E-state index contributed by atoms with van der Waals surface area (Å²) in [5.41, 5.74) is 3.67. The Labute approximate surface area is 173 Å². The summed E-state index contributed by atoms with van der Waals surface area (Å²) in [6.07, 6.45) is 4.66. The van der Waals surface area contributed by atoms with E-state index in [-0.39, 0.29) is 0 Å². The molecule has 1 saturated heterocycles. The minimum atomic E-state index is 0.502. The molecule has 2 aromatic rings. The van der Waals surface area contributed by atoms with Crippen LogP contribution < -0.4 is 19.5 Å². The Balaban J connectivity index is 1.32. The summed E-state index contributed by atoms with van der Waals surface area (Å²) in [7, 11) is 3.40. The van der Waals surface area contributed by atoms with Crippen LogP contribution in [0.4, 0.5) is 0 Å². The fourth-order valence-electron chi connectivity index (χ4n) is 4.16. The molecule has 5 heteroatoms. The Hall–Kier alpha value is -2.50. The van der Waals surface area contributed by atoms with Gasteiger partial charge in [0.2, 0.25) is 0 Å². The van der Waals surface area contributed by atoms with Crippen molar-refractivity contribution in [2.24, 2.45) is 0 Å². The summed E-state index contributed by atoms with van der Waals surface area (Å²) in [4.78, 5) is 2.53. The van der Waals surface area contributed by atoms with E-state index in [1.165, 1.54) is 24.0 Å². The second kappa shape index (κ2) is 9.33. The van der Waals surface area contributed by atoms with Crippen LogP contribution in [0.1, 0.15) is 24.0 Å². The van der Waals surface area contributed by atoms with Crippen LogP contribution in [0.25, 0.3) is 6.08 Å². The summed E-state index contributed by atoms with van der Waals surface area (Å²) in [6, 6.07) is 14.9. The van der Waals surface area contributed by atoms with Gasteiger partial charge in [-0.3, -0.25) is 4.90 Å². The van der Waals surface area contributed by atoms with Crippen molar-refractivity contribution in [3.05, 3.63) is 59.2 Å². The van der Waals surface area contributed by atoms with E-state index >= 15 is 0 Å². The number of likely N-dealkylation sites (tertiary alicyclic amines) is 1. The van der Waals surface area contributed by atoms with Crippen molar-refractivity contribution in [2.75, 3.05) is 40.5 Å². The van der Waals surface area contributed by atoms with E-state index in [9.17, 15) is 0 Å².